The van der Waals surface area contributed by atoms with Gasteiger partial charge in [0.25, 0.3) is 0 Å². The van der Waals surface area contributed by atoms with Gasteiger partial charge in [-0.05, 0) is 74.6 Å². The molecule has 1 aliphatic rings. The van der Waals surface area contributed by atoms with E-state index in [1.54, 1.807) is 11.1 Å². The molecule has 0 amide bonds. The molecule has 1 aromatic rings. The highest BCUT2D eigenvalue weighted by atomic mass is 14.9. The van der Waals surface area contributed by atoms with Gasteiger partial charge in [-0.1, -0.05) is 32.0 Å². The second-order valence-electron chi connectivity index (χ2n) is 6.36. The van der Waals surface area contributed by atoms with Crippen LogP contribution in [0.2, 0.25) is 0 Å². The minimum absolute atomic E-state index is 0.643. The van der Waals surface area contributed by atoms with Crippen LogP contribution >= 0.6 is 0 Å². The molecular formula is C18H29N. The van der Waals surface area contributed by atoms with Gasteiger partial charge in [0, 0.05) is 6.04 Å². The minimum Gasteiger partial charge on any atom is -0.314 e. The maximum atomic E-state index is 3.59. The van der Waals surface area contributed by atoms with E-state index in [2.05, 4.69) is 44.3 Å². The zero-order valence-corrected chi connectivity index (χ0v) is 12.8. The van der Waals surface area contributed by atoms with Gasteiger partial charge in [0.2, 0.25) is 0 Å². The Kier molecular flexibility index (Phi) is 5.45. The molecule has 1 heteroatoms. The lowest BCUT2D eigenvalue weighted by atomic mass is 9.93. The molecule has 0 saturated carbocycles. The van der Waals surface area contributed by atoms with Gasteiger partial charge < -0.3 is 5.32 Å². The second-order valence-corrected chi connectivity index (χ2v) is 6.36. The highest BCUT2D eigenvalue weighted by molar-refractivity contribution is 5.35. The summed E-state index contributed by atoms with van der Waals surface area (Å²) in [5.41, 5.74) is 4.74. The molecule has 0 aliphatic heterocycles. The van der Waals surface area contributed by atoms with Crippen LogP contribution in [0.25, 0.3) is 0 Å². The Morgan fingerprint density at radius 1 is 1.16 bits per heavy atom. The maximum absolute atomic E-state index is 3.59. The molecule has 0 bridgehead atoms. The summed E-state index contributed by atoms with van der Waals surface area (Å²) in [7, 11) is 0. The first-order chi connectivity index (χ1) is 9.19. The Morgan fingerprint density at radius 3 is 2.74 bits per heavy atom. The molecule has 2 unspecified atom stereocenters. The van der Waals surface area contributed by atoms with Gasteiger partial charge in [0.1, 0.15) is 0 Å². The molecule has 1 N–H and O–H groups in total. The molecule has 0 fully saturated rings. The number of nitrogens with one attached hydrogen (secondary N) is 1. The SMILES string of the molecule is CCCNC(C)CC(C)Cc1ccc2c(c1)CCC2. The number of aryl methyl sites for hydroxylation is 2. The fraction of sp³-hybridized carbons (Fsp3) is 0.667. The van der Waals surface area contributed by atoms with Crippen LogP contribution in [0.1, 0.15) is 56.7 Å². The van der Waals surface area contributed by atoms with E-state index < -0.39 is 0 Å². The largest absolute Gasteiger partial charge is 0.314 e. The van der Waals surface area contributed by atoms with E-state index >= 15 is 0 Å². The maximum Gasteiger partial charge on any atom is 0.00413 e. The Bertz CT molecular complexity index is 397. The van der Waals surface area contributed by atoms with Crippen LogP contribution in [0.5, 0.6) is 0 Å². The Hall–Kier alpha value is -0.820. The van der Waals surface area contributed by atoms with Gasteiger partial charge in [0.05, 0.1) is 0 Å². The molecule has 1 aromatic carbocycles. The number of fused-ring (bicyclic) bond motifs is 1. The molecule has 1 nitrogen and oxygen atoms in total. The van der Waals surface area contributed by atoms with Crippen molar-refractivity contribution in [3.63, 3.8) is 0 Å². The zero-order chi connectivity index (χ0) is 13.7. The van der Waals surface area contributed by atoms with E-state index in [4.69, 9.17) is 0 Å². The normalized spacial score (nSPS) is 17.2. The monoisotopic (exact) mass is 259 g/mol. The van der Waals surface area contributed by atoms with Gasteiger partial charge >= 0.3 is 0 Å². The highest BCUT2D eigenvalue weighted by Crippen LogP contribution is 2.24. The van der Waals surface area contributed by atoms with Crippen molar-refractivity contribution in [3.8, 4) is 0 Å². The van der Waals surface area contributed by atoms with Crippen molar-refractivity contribution in [1.29, 1.82) is 0 Å². The molecule has 19 heavy (non-hydrogen) atoms. The predicted octanol–water partition coefficient (Wildman–Crippen LogP) is 4.13. The molecule has 106 valence electrons. The molecule has 0 heterocycles. The quantitative estimate of drug-likeness (QED) is 0.776. The number of rotatable bonds is 7. The van der Waals surface area contributed by atoms with Crippen molar-refractivity contribution < 1.29 is 0 Å². The summed E-state index contributed by atoms with van der Waals surface area (Å²) in [5.74, 6) is 0.763. The van der Waals surface area contributed by atoms with Gasteiger partial charge in [-0.25, -0.2) is 0 Å². The van der Waals surface area contributed by atoms with Crippen LogP contribution in [0.3, 0.4) is 0 Å². The standard InChI is InChI=1S/C18H29N/c1-4-10-19-15(3)11-14(2)12-16-8-9-17-6-5-7-18(17)13-16/h8-9,13-15,19H,4-7,10-12H2,1-3H3. The highest BCUT2D eigenvalue weighted by Gasteiger charge is 2.13. The van der Waals surface area contributed by atoms with Crippen molar-refractivity contribution in [3.05, 3.63) is 34.9 Å². The summed E-state index contributed by atoms with van der Waals surface area (Å²) in [6.45, 7) is 8.08. The number of hydrogen-bond donors (Lipinski definition) is 1. The van der Waals surface area contributed by atoms with Crippen LogP contribution in [0.4, 0.5) is 0 Å². The third kappa shape index (κ3) is 4.35. The first-order valence-electron chi connectivity index (χ1n) is 8.03. The predicted molar refractivity (Wildman–Crippen MR) is 83.7 cm³/mol. The number of hydrogen-bond acceptors (Lipinski definition) is 1. The Morgan fingerprint density at radius 2 is 1.95 bits per heavy atom. The minimum atomic E-state index is 0.643. The summed E-state index contributed by atoms with van der Waals surface area (Å²) in [6, 6.07) is 7.82. The molecule has 0 aromatic heterocycles. The van der Waals surface area contributed by atoms with Crippen molar-refractivity contribution >= 4 is 0 Å². The van der Waals surface area contributed by atoms with E-state index in [-0.39, 0.29) is 0 Å². The van der Waals surface area contributed by atoms with Crippen molar-refractivity contribution in [1.82, 2.24) is 5.32 Å². The van der Waals surface area contributed by atoms with E-state index in [0.29, 0.717) is 6.04 Å². The van der Waals surface area contributed by atoms with E-state index in [1.165, 1.54) is 44.1 Å². The van der Waals surface area contributed by atoms with E-state index in [1.807, 2.05) is 0 Å². The number of benzene rings is 1. The summed E-state index contributed by atoms with van der Waals surface area (Å²) < 4.78 is 0. The van der Waals surface area contributed by atoms with Crippen LogP contribution in [-0.2, 0) is 19.3 Å². The van der Waals surface area contributed by atoms with E-state index in [0.717, 1.165) is 12.5 Å². The summed E-state index contributed by atoms with van der Waals surface area (Å²) >= 11 is 0. The lowest BCUT2D eigenvalue weighted by Crippen LogP contribution is -2.28. The molecule has 2 rings (SSSR count). The fourth-order valence-electron chi connectivity index (χ4n) is 3.32. The third-order valence-electron chi connectivity index (χ3n) is 4.25. The zero-order valence-electron chi connectivity index (χ0n) is 12.8. The third-order valence-corrected chi connectivity index (χ3v) is 4.25. The lowest BCUT2D eigenvalue weighted by molar-refractivity contribution is 0.420. The first kappa shape index (κ1) is 14.6. The Labute approximate surface area is 118 Å². The van der Waals surface area contributed by atoms with Gasteiger partial charge in [-0.3, -0.25) is 0 Å². The topological polar surface area (TPSA) is 12.0 Å². The summed E-state index contributed by atoms with van der Waals surface area (Å²) in [5, 5.41) is 3.59. The van der Waals surface area contributed by atoms with Gasteiger partial charge in [-0.2, -0.15) is 0 Å². The van der Waals surface area contributed by atoms with Gasteiger partial charge in [0.15, 0.2) is 0 Å². The average Bonchev–Trinajstić information content (AvgIpc) is 2.83. The molecule has 0 radical (unpaired) electrons. The molecule has 1 aliphatic carbocycles. The van der Waals surface area contributed by atoms with Crippen LogP contribution in [0.15, 0.2) is 18.2 Å². The molecular weight excluding hydrogens is 230 g/mol. The van der Waals surface area contributed by atoms with Crippen molar-refractivity contribution in [2.24, 2.45) is 5.92 Å². The summed E-state index contributed by atoms with van der Waals surface area (Å²) in [4.78, 5) is 0. The molecule has 0 spiro atoms. The van der Waals surface area contributed by atoms with E-state index in [9.17, 15) is 0 Å². The lowest BCUT2D eigenvalue weighted by Gasteiger charge is -2.18. The van der Waals surface area contributed by atoms with Gasteiger partial charge in [-0.15, -0.1) is 0 Å². The molecule has 0 saturated heterocycles. The van der Waals surface area contributed by atoms with Crippen LogP contribution in [0, 0.1) is 5.92 Å². The van der Waals surface area contributed by atoms with Crippen LogP contribution < -0.4 is 5.32 Å². The fourth-order valence-corrected chi connectivity index (χ4v) is 3.32. The first-order valence-corrected chi connectivity index (χ1v) is 8.03. The average molecular weight is 259 g/mol. The van der Waals surface area contributed by atoms with Crippen molar-refractivity contribution in [2.45, 2.75) is 65.3 Å². The summed E-state index contributed by atoms with van der Waals surface area (Å²) in [6.07, 6.45) is 7.67. The molecule has 2 atom stereocenters. The smallest absolute Gasteiger partial charge is 0.00413 e. The Balaban J connectivity index is 1.83. The second kappa shape index (κ2) is 7.09. The van der Waals surface area contributed by atoms with Crippen LogP contribution in [-0.4, -0.2) is 12.6 Å². The van der Waals surface area contributed by atoms with Crippen molar-refractivity contribution in [2.75, 3.05) is 6.54 Å².